The van der Waals surface area contributed by atoms with Gasteiger partial charge in [0.25, 0.3) is 11.8 Å². The van der Waals surface area contributed by atoms with E-state index >= 15 is 0 Å². The number of hydrogen-bond acceptors (Lipinski definition) is 2. The lowest BCUT2D eigenvalue weighted by molar-refractivity contribution is 0.0755. The minimum Gasteiger partial charge on any atom is -0.350 e. The van der Waals surface area contributed by atoms with Crippen molar-refractivity contribution in [3.8, 4) is 0 Å². The number of carbonyl (C=O) groups excluding carboxylic acids is 2. The van der Waals surface area contributed by atoms with Crippen molar-refractivity contribution in [1.82, 2.24) is 10.2 Å². The van der Waals surface area contributed by atoms with E-state index in [1.807, 2.05) is 30.9 Å². The van der Waals surface area contributed by atoms with Gasteiger partial charge in [-0.25, -0.2) is 0 Å². The van der Waals surface area contributed by atoms with Gasteiger partial charge in [0, 0.05) is 30.3 Å². The SMILES string of the molecule is CCC[C@H](C)NC(=O)c1cc(C)cc(C(=O)N(CCC)CCC)c1. The Kier molecular flexibility index (Phi) is 8.51. The van der Waals surface area contributed by atoms with Crippen molar-refractivity contribution in [2.75, 3.05) is 13.1 Å². The number of benzene rings is 1. The molecule has 0 fully saturated rings. The highest BCUT2D eigenvalue weighted by Crippen LogP contribution is 2.14. The van der Waals surface area contributed by atoms with Gasteiger partial charge in [-0.15, -0.1) is 0 Å². The van der Waals surface area contributed by atoms with Crippen LogP contribution in [-0.4, -0.2) is 35.8 Å². The van der Waals surface area contributed by atoms with Crippen molar-refractivity contribution in [3.05, 3.63) is 34.9 Å². The fourth-order valence-electron chi connectivity index (χ4n) is 2.89. The summed E-state index contributed by atoms with van der Waals surface area (Å²) in [5, 5.41) is 3.01. The quantitative estimate of drug-likeness (QED) is 0.737. The van der Waals surface area contributed by atoms with Crippen LogP contribution < -0.4 is 5.32 Å². The minimum absolute atomic E-state index is 0.0121. The van der Waals surface area contributed by atoms with Gasteiger partial charge in [0.15, 0.2) is 0 Å². The van der Waals surface area contributed by atoms with Gasteiger partial charge in [-0.2, -0.15) is 0 Å². The Balaban J connectivity index is 2.99. The van der Waals surface area contributed by atoms with E-state index in [0.29, 0.717) is 11.1 Å². The second-order valence-electron chi connectivity index (χ2n) is 6.54. The van der Waals surface area contributed by atoms with Crippen LogP contribution in [0.25, 0.3) is 0 Å². The second-order valence-corrected chi connectivity index (χ2v) is 6.54. The Bertz CT molecular complexity index is 549. The third kappa shape index (κ3) is 5.99. The summed E-state index contributed by atoms with van der Waals surface area (Å²) < 4.78 is 0. The predicted molar refractivity (Wildman–Crippen MR) is 99.5 cm³/mol. The average molecular weight is 332 g/mol. The number of aryl methyl sites for hydroxylation is 1. The van der Waals surface area contributed by atoms with Gasteiger partial charge in [-0.1, -0.05) is 27.2 Å². The molecule has 24 heavy (non-hydrogen) atoms. The molecule has 1 rings (SSSR count). The van der Waals surface area contributed by atoms with Gasteiger partial charge in [-0.05, 0) is 56.9 Å². The minimum atomic E-state index is -0.105. The summed E-state index contributed by atoms with van der Waals surface area (Å²) in [5.41, 5.74) is 2.10. The molecule has 1 N–H and O–H groups in total. The molecule has 4 heteroatoms. The van der Waals surface area contributed by atoms with Crippen LogP contribution in [-0.2, 0) is 0 Å². The molecule has 0 aromatic heterocycles. The van der Waals surface area contributed by atoms with Crippen LogP contribution >= 0.6 is 0 Å². The smallest absolute Gasteiger partial charge is 0.253 e. The predicted octanol–water partition coefficient (Wildman–Crippen LogP) is 4.18. The molecule has 0 unspecified atom stereocenters. The number of hydrogen-bond donors (Lipinski definition) is 1. The first-order chi connectivity index (χ1) is 11.4. The Labute approximate surface area is 146 Å². The molecule has 134 valence electrons. The van der Waals surface area contributed by atoms with Crippen molar-refractivity contribution in [2.24, 2.45) is 0 Å². The van der Waals surface area contributed by atoms with Crippen LogP contribution in [0.15, 0.2) is 18.2 Å². The summed E-state index contributed by atoms with van der Waals surface area (Å²) in [6.07, 6.45) is 3.84. The molecule has 2 amide bonds. The fraction of sp³-hybridized carbons (Fsp3) is 0.600. The van der Waals surface area contributed by atoms with E-state index < -0.39 is 0 Å². The molecular weight excluding hydrogens is 300 g/mol. The Morgan fingerprint density at radius 1 is 1.00 bits per heavy atom. The number of carbonyl (C=O) groups is 2. The van der Waals surface area contributed by atoms with Crippen LogP contribution in [0, 0.1) is 6.92 Å². The van der Waals surface area contributed by atoms with Crippen LogP contribution in [0.2, 0.25) is 0 Å². The zero-order valence-corrected chi connectivity index (χ0v) is 15.8. The fourth-order valence-corrected chi connectivity index (χ4v) is 2.89. The number of nitrogens with one attached hydrogen (secondary N) is 1. The summed E-state index contributed by atoms with van der Waals surface area (Å²) in [6.45, 7) is 11.7. The van der Waals surface area contributed by atoms with Crippen molar-refractivity contribution in [3.63, 3.8) is 0 Å². The molecule has 0 saturated carbocycles. The molecule has 0 bridgehead atoms. The third-order valence-corrected chi connectivity index (χ3v) is 3.96. The molecule has 0 saturated heterocycles. The van der Waals surface area contributed by atoms with E-state index in [1.165, 1.54) is 0 Å². The Hall–Kier alpha value is -1.84. The molecular formula is C20H32N2O2. The van der Waals surface area contributed by atoms with E-state index in [-0.39, 0.29) is 17.9 Å². The molecule has 1 aromatic carbocycles. The van der Waals surface area contributed by atoms with Crippen LogP contribution in [0.4, 0.5) is 0 Å². The lowest BCUT2D eigenvalue weighted by Gasteiger charge is -2.22. The van der Waals surface area contributed by atoms with Crippen LogP contribution in [0.1, 0.15) is 79.7 Å². The van der Waals surface area contributed by atoms with E-state index in [2.05, 4.69) is 26.1 Å². The van der Waals surface area contributed by atoms with Gasteiger partial charge in [0.05, 0.1) is 0 Å². The average Bonchev–Trinajstić information content (AvgIpc) is 2.53. The number of rotatable bonds is 9. The molecule has 0 radical (unpaired) electrons. The maximum absolute atomic E-state index is 12.8. The number of amides is 2. The van der Waals surface area contributed by atoms with E-state index in [0.717, 1.165) is 44.3 Å². The van der Waals surface area contributed by atoms with Gasteiger partial charge < -0.3 is 10.2 Å². The summed E-state index contributed by atoms with van der Waals surface area (Å²) in [7, 11) is 0. The summed E-state index contributed by atoms with van der Waals surface area (Å²) in [5.74, 6) is -0.0933. The standard InChI is InChI=1S/C20H32N2O2/c1-6-9-16(5)21-19(23)17-12-15(4)13-18(14-17)20(24)22(10-7-2)11-8-3/h12-14,16H,6-11H2,1-5H3,(H,21,23)/t16-/m0/s1. The Morgan fingerprint density at radius 2 is 1.58 bits per heavy atom. The molecule has 1 aromatic rings. The second kappa shape index (κ2) is 10.1. The molecule has 0 spiro atoms. The normalized spacial score (nSPS) is 11.9. The zero-order valence-electron chi connectivity index (χ0n) is 15.8. The molecule has 0 aliphatic heterocycles. The zero-order chi connectivity index (χ0) is 18.1. The molecule has 0 aliphatic rings. The van der Waals surface area contributed by atoms with Gasteiger partial charge >= 0.3 is 0 Å². The third-order valence-electron chi connectivity index (χ3n) is 3.96. The van der Waals surface area contributed by atoms with Crippen LogP contribution in [0.5, 0.6) is 0 Å². The highest BCUT2D eigenvalue weighted by Gasteiger charge is 2.17. The Morgan fingerprint density at radius 3 is 2.12 bits per heavy atom. The summed E-state index contributed by atoms with van der Waals surface area (Å²) in [4.78, 5) is 27.1. The molecule has 4 nitrogen and oxygen atoms in total. The van der Waals surface area contributed by atoms with Crippen molar-refractivity contribution < 1.29 is 9.59 Å². The summed E-state index contributed by atoms with van der Waals surface area (Å²) >= 11 is 0. The first-order valence-corrected chi connectivity index (χ1v) is 9.14. The van der Waals surface area contributed by atoms with Crippen molar-refractivity contribution >= 4 is 11.8 Å². The first kappa shape index (κ1) is 20.2. The largest absolute Gasteiger partial charge is 0.350 e. The molecule has 1 atom stereocenters. The lowest BCUT2D eigenvalue weighted by atomic mass is 10.0. The molecule has 0 aliphatic carbocycles. The highest BCUT2D eigenvalue weighted by molar-refractivity contribution is 6.00. The highest BCUT2D eigenvalue weighted by atomic mass is 16.2. The maximum atomic E-state index is 12.8. The topological polar surface area (TPSA) is 49.4 Å². The van der Waals surface area contributed by atoms with Gasteiger partial charge in [0.2, 0.25) is 0 Å². The van der Waals surface area contributed by atoms with Crippen LogP contribution in [0.3, 0.4) is 0 Å². The number of nitrogens with zero attached hydrogens (tertiary/aromatic N) is 1. The maximum Gasteiger partial charge on any atom is 0.253 e. The van der Waals surface area contributed by atoms with Crippen molar-refractivity contribution in [1.29, 1.82) is 0 Å². The van der Waals surface area contributed by atoms with E-state index in [9.17, 15) is 9.59 Å². The monoisotopic (exact) mass is 332 g/mol. The first-order valence-electron chi connectivity index (χ1n) is 9.14. The van der Waals surface area contributed by atoms with Gasteiger partial charge in [0.1, 0.15) is 0 Å². The van der Waals surface area contributed by atoms with Crippen molar-refractivity contribution in [2.45, 2.75) is 66.3 Å². The molecule has 0 heterocycles. The summed E-state index contributed by atoms with van der Waals surface area (Å²) in [6, 6.07) is 5.57. The van der Waals surface area contributed by atoms with E-state index in [1.54, 1.807) is 6.07 Å². The van der Waals surface area contributed by atoms with E-state index in [4.69, 9.17) is 0 Å². The van der Waals surface area contributed by atoms with Gasteiger partial charge in [-0.3, -0.25) is 9.59 Å². The lowest BCUT2D eigenvalue weighted by Crippen LogP contribution is -2.34.